The number of piperidine rings is 1. The smallest absolute Gasteiger partial charge is 0.163 e. The van der Waals surface area contributed by atoms with Gasteiger partial charge in [0, 0.05) is 36.7 Å². The van der Waals surface area contributed by atoms with Gasteiger partial charge in [-0.05, 0) is 49.3 Å². The predicted octanol–water partition coefficient (Wildman–Crippen LogP) is 4.98. The molecule has 1 saturated heterocycles. The lowest BCUT2D eigenvalue weighted by molar-refractivity contribution is 0.0938. The molecular formula is C23H30N2O. The molecule has 2 atom stereocenters. The second-order valence-electron chi connectivity index (χ2n) is 7.94. The molecule has 26 heavy (non-hydrogen) atoms. The number of hydrogen-bond acceptors (Lipinski definition) is 3. The van der Waals surface area contributed by atoms with Crippen molar-refractivity contribution in [3.63, 3.8) is 0 Å². The van der Waals surface area contributed by atoms with Crippen molar-refractivity contribution in [1.82, 2.24) is 9.88 Å². The summed E-state index contributed by atoms with van der Waals surface area (Å²) in [6, 6.07) is 9.75. The zero-order chi connectivity index (χ0) is 18.5. The van der Waals surface area contributed by atoms with Crippen LogP contribution in [0.25, 0.3) is 10.9 Å². The molecule has 0 spiro atoms. The van der Waals surface area contributed by atoms with Gasteiger partial charge in [0.15, 0.2) is 5.78 Å². The Morgan fingerprint density at radius 2 is 2.15 bits per heavy atom. The summed E-state index contributed by atoms with van der Waals surface area (Å²) in [6.45, 7) is 12.0. The largest absolute Gasteiger partial charge is 0.302 e. The number of likely N-dealkylation sites (tertiary alicyclic amines) is 1. The van der Waals surface area contributed by atoms with Crippen molar-refractivity contribution in [3.8, 4) is 0 Å². The summed E-state index contributed by atoms with van der Waals surface area (Å²) >= 11 is 0. The molecule has 3 rings (SSSR count). The van der Waals surface area contributed by atoms with Crippen LogP contribution in [0.1, 0.15) is 43.5 Å². The van der Waals surface area contributed by atoms with Gasteiger partial charge in [-0.2, -0.15) is 0 Å². The number of benzene rings is 1. The van der Waals surface area contributed by atoms with Crippen LogP contribution in [-0.2, 0) is 0 Å². The van der Waals surface area contributed by atoms with E-state index < -0.39 is 0 Å². The van der Waals surface area contributed by atoms with E-state index in [0.717, 1.165) is 48.9 Å². The highest BCUT2D eigenvalue weighted by atomic mass is 16.1. The van der Waals surface area contributed by atoms with Crippen LogP contribution in [-0.4, -0.2) is 35.3 Å². The third kappa shape index (κ3) is 4.39. The standard InChI is InChI=1S/C23H30N2O/c1-4-18-16-25(15-17(2)3)14-12-19(18)9-10-23(26)21-11-13-24-22-8-6-5-7-20(21)22/h4-8,11,13,17-19H,1,9-10,12,14-16H2,2-3H3/t18-,19+/m0/s1. The van der Waals surface area contributed by atoms with Crippen molar-refractivity contribution in [2.75, 3.05) is 19.6 Å². The number of rotatable bonds is 7. The number of Topliss-reactive ketones (excluding diaryl/α,β-unsaturated/α-hetero) is 1. The average Bonchev–Trinajstić information content (AvgIpc) is 2.65. The molecule has 0 aliphatic carbocycles. The molecule has 2 heterocycles. The topological polar surface area (TPSA) is 33.2 Å². The normalized spacial score (nSPS) is 21.2. The van der Waals surface area contributed by atoms with E-state index in [-0.39, 0.29) is 5.78 Å². The molecule has 3 heteroatoms. The van der Waals surface area contributed by atoms with Crippen LogP contribution in [0, 0.1) is 17.8 Å². The van der Waals surface area contributed by atoms with Crippen LogP contribution in [0.5, 0.6) is 0 Å². The van der Waals surface area contributed by atoms with Crippen LogP contribution in [0.15, 0.2) is 49.2 Å². The van der Waals surface area contributed by atoms with E-state index in [2.05, 4.69) is 36.4 Å². The molecule has 3 nitrogen and oxygen atoms in total. The molecule has 1 aliphatic rings. The zero-order valence-corrected chi connectivity index (χ0v) is 16.0. The minimum atomic E-state index is 0.232. The predicted molar refractivity (Wildman–Crippen MR) is 108 cm³/mol. The fourth-order valence-electron chi connectivity index (χ4n) is 4.20. The number of aromatic nitrogens is 1. The van der Waals surface area contributed by atoms with Crippen LogP contribution in [0.2, 0.25) is 0 Å². The fourth-order valence-corrected chi connectivity index (χ4v) is 4.20. The van der Waals surface area contributed by atoms with Gasteiger partial charge in [0.05, 0.1) is 5.52 Å². The lowest BCUT2D eigenvalue weighted by Gasteiger charge is -2.38. The Morgan fingerprint density at radius 3 is 2.92 bits per heavy atom. The molecule has 0 bridgehead atoms. The quantitative estimate of drug-likeness (QED) is 0.522. The number of fused-ring (bicyclic) bond motifs is 1. The summed E-state index contributed by atoms with van der Waals surface area (Å²) in [6.07, 6.45) is 6.55. The highest BCUT2D eigenvalue weighted by molar-refractivity contribution is 6.07. The molecule has 2 aromatic rings. The second kappa shape index (κ2) is 8.59. The van der Waals surface area contributed by atoms with E-state index in [4.69, 9.17) is 0 Å². The number of nitrogens with zero attached hydrogens (tertiary/aromatic N) is 2. The van der Waals surface area contributed by atoms with E-state index >= 15 is 0 Å². The Kier molecular flexibility index (Phi) is 6.20. The molecule has 0 amide bonds. The van der Waals surface area contributed by atoms with Crippen LogP contribution in [0.4, 0.5) is 0 Å². The minimum absolute atomic E-state index is 0.232. The van der Waals surface area contributed by atoms with E-state index in [1.165, 1.54) is 0 Å². The highest BCUT2D eigenvalue weighted by Gasteiger charge is 2.28. The first-order valence-corrected chi connectivity index (χ1v) is 9.80. The Bertz CT molecular complexity index is 762. The maximum absolute atomic E-state index is 12.8. The Balaban J connectivity index is 1.63. The zero-order valence-electron chi connectivity index (χ0n) is 16.0. The third-order valence-electron chi connectivity index (χ3n) is 5.51. The van der Waals surface area contributed by atoms with Gasteiger partial charge in [-0.25, -0.2) is 0 Å². The van der Waals surface area contributed by atoms with Crippen LogP contribution >= 0.6 is 0 Å². The van der Waals surface area contributed by atoms with Crippen molar-refractivity contribution in [2.45, 2.75) is 33.1 Å². The molecule has 0 saturated carbocycles. The van der Waals surface area contributed by atoms with Crippen molar-refractivity contribution in [3.05, 3.63) is 54.7 Å². The monoisotopic (exact) mass is 350 g/mol. The number of carbonyl (C=O) groups excluding carboxylic acids is 1. The van der Waals surface area contributed by atoms with Gasteiger partial charge >= 0.3 is 0 Å². The molecule has 0 unspecified atom stereocenters. The molecule has 1 aliphatic heterocycles. The number of para-hydroxylation sites is 1. The van der Waals surface area contributed by atoms with Gasteiger partial charge in [0.1, 0.15) is 0 Å². The van der Waals surface area contributed by atoms with E-state index in [1.54, 1.807) is 6.20 Å². The molecule has 0 N–H and O–H groups in total. The first kappa shape index (κ1) is 18.8. The first-order chi connectivity index (χ1) is 12.6. The Hall–Kier alpha value is -2.00. The highest BCUT2D eigenvalue weighted by Crippen LogP contribution is 2.30. The first-order valence-electron chi connectivity index (χ1n) is 9.80. The molecule has 1 aromatic carbocycles. The Labute approximate surface area is 157 Å². The van der Waals surface area contributed by atoms with Gasteiger partial charge in [-0.15, -0.1) is 6.58 Å². The average molecular weight is 351 g/mol. The lowest BCUT2D eigenvalue weighted by Crippen LogP contribution is -2.41. The van der Waals surface area contributed by atoms with Crippen LogP contribution < -0.4 is 0 Å². The van der Waals surface area contributed by atoms with Gasteiger partial charge in [-0.3, -0.25) is 9.78 Å². The van der Waals surface area contributed by atoms with Crippen molar-refractivity contribution >= 4 is 16.7 Å². The van der Waals surface area contributed by atoms with Crippen molar-refractivity contribution in [2.24, 2.45) is 17.8 Å². The lowest BCUT2D eigenvalue weighted by atomic mass is 9.81. The summed E-state index contributed by atoms with van der Waals surface area (Å²) in [5, 5.41) is 0.965. The summed E-state index contributed by atoms with van der Waals surface area (Å²) in [7, 11) is 0. The maximum Gasteiger partial charge on any atom is 0.163 e. The van der Waals surface area contributed by atoms with Gasteiger partial charge < -0.3 is 4.90 Å². The van der Waals surface area contributed by atoms with Crippen LogP contribution in [0.3, 0.4) is 0 Å². The number of hydrogen-bond donors (Lipinski definition) is 0. The van der Waals surface area contributed by atoms with Crippen molar-refractivity contribution in [1.29, 1.82) is 0 Å². The summed E-state index contributed by atoms with van der Waals surface area (Å²) in [4.78, 5) is 19.7. The van der Waals surface area contributed by atoms with E-state index in [1.807, 2.05) is 30.3 Å². The number of pyridine rings is 1. The Morgan fingerprint density at radius 1 is 1.35 bits per heavy atom. The molecule has 0 radical (unpaired) electrons. The summed E-state index contributed by atoms with van der Waals surface area (Å²) < 4.78 is 0. The maximum atomic E-state index is 12.8. The second-order valence-corrected chi connectivity index (χ2v) is 7.94. The molecular weight excluding hydrogens is 320 g/mol. The van der Waals surface area contributed by atoms with E-state index in [0.29, 0.717) is 24.2 Å². The molecule has 1 aromatic heterocycles. The van der Waals surface area contributed by atoms with Gasteiger partial charge in [0.25, 0.3) is 0 Å². The van der Waals surface area contributed by atoms with Crippen molar-refractivity contribution < 1.29 is 4.79 Å². The van der Waals surface area contributed by atoms with Gasteiger partial charge in [0.2, 0.25) is 0 Å². The number of ketones is 1. The van der Waals surface area contributed by atoms with E-state index in [9.17, 15) is 4.79 Å². The summed E-state index contributed by atoms with van der Waals surface area (Å²) in [5.74, 6) is 1.98. The minimum Gasteiger partial charge on any atom is -0.302 e. The SMILES string of the molecule is C=C[C@H]1CN(CC(C)C)CC[C@H]1CCC(=O)c1ccnc2ccccc12. The van der Waals surface area contributed by atoms with Gasteiger partial charge in [-0.1, -0.05) is 38.1 Å². The summed E-state index contributed by atoms with van der Waals surface area (Å²) in [5.41, 5.74) is 1.70. The third-order valence-corrected chi connectivity index (χ3v) is 5.51. The molecule has 1 fully saturated rings. The fraction of sp³-hybridized carbons (Fsp3) is 0.478. The number of carbonyl (C=O) groups is 1. The molecule has 138 valence electrons.